The van der Waals surface area contributed by atoms with Gasteiger partial charge in [-0.1, -0.05) is 205 Å². The van der Waals surface area contributed by atoms with Crippen molar-refractivity contribution in [3.63, 3.8) is 0 Å². The van der Waals surface area contributed by atoms with Crippen molar-refractivity contribution in [1.29, 1.82) is 0 Å². The lowest BCUT2D eigenvalue weighted by Crippen LogP contribution is -2.46. The Morgan fingerprint density at radius 1 is 0.453 bits per heavy atom. The van der Waals surface area contributed by atoms with E-state index in [-0.39, 0.29) is 5.97 Å². The molecule has 3 rings (SSSR count). The third-order valence-electron chi connectivity index (χ3n) is 14.5. The summed E-state index contributed by atoms with van der Waals surface area (Å²) < 4.78 is 6.34. The van der Waals surface area contributed by atoms with Gasteiger partial charge in [0.1, 0.15) is 0 Å². The van der Waals surface area contributed by atoms with Crippen molar-refractivity contribution in [2.75, 3.05) is 6.61 Å². The smallest absolute Gasteiger partial charge is 0.305 e. The van der Waals surface area contributed by atoms with Gasteiger partial charge in [0.05, 0.1) is 6.61 Å². The van der Waals surface area contributed by atoms with Crippen LogP contribution in [0.25, 0.3) is 0 Å². The van der Waals surface area contributed by atoms with Gasteiger partial charge in [-0.3, -0.25) is 4.79 Å². The molecule has 0 unspecified atom stereocenters. The van der Waals surface area contributed by atoms with Crippen LogP contribution in [0.5, 0.6) is 0 Å². The summed E-state index contributed by atoms with van der Waals surface area (Å²) in [5.41, 5.74) is 0.362. The van der Waals surface area contributed by atoms with E-state index >= 15 is 0 Å². The minimum absolute atomic E-state index is 0.0967. The molecular formula is C51H94O2. The van der Waals surface area contributed by atoms with Gasteiger partial charge in [0.2, 0.25) is 0 Å². The SMILES string of the molecule is CCCCCCCC/C=C\CCCCCCCC(=O)OCCC(C1CCCCCCCCC1)(C1CCCCCCCCC1)C1CCCCCCCCC1. The monoisotopic (exact) mass is 739 g/mol. The summed E-state index contributed by atoms with van der Waals surface area (Å²) in [7, 11) is 0. The number of rotatable bonds is 21. The molecule has 0 N–H and O–H groups in total. The minimum atomic E-state index is 0.0967. The Hall–Kier alpha value is -0.790. The summed E-state index contributed by atoms with van der Waals surface area (Å²) in [5, 5.41) is 0. The molecule has 0 aromatic rings. The standard InChI is InChI=1S/C51H94O2/c1-2-3-4-5-6-7-8-9-10-11-12-13-23-30-37-44-50(52)53-46-45-51(47-38-31-24-17-14-18-25-32-39-47,48-40-33-26-19-15-20-27-34-41-48)49-42-35-28-21-16-22-29-36-43-49/h9-10,47-49H,2-8,11-46H2,1H3/b10-9-. The molecule has 310 valence electrons. The Morgan fingerprint density at radius 3 is 1.15 bits per heavy atom. The van der Waals surface area contributed by atoms with Crippen molar-refractivity contribution >= 4 is 5.97 Å². The van der Waals surface area contributed by atoms with Crippen LogP contribution in [0.15, 0.2) is 12.2 Å². The molecule has 0 spiro atoms. The third-order valence-corrected chi connectivity index (χ3v) is 14.5. The van der Waals surface area contributed by atoms with Crippen LogP contribution in [0.1, 0.15) is 277 Å². The maximum Gasteiger partial charge on any atom is 0.305 e. The van der Waals surface area contributed by atoms with E-state index in [1.165, 1.54) is 250 Å². The number of allylic oxidation sites excluding steroid dienone is 2. The van der Waals surface area contributed by atoms with Crippen LogP contribution in [-0.2, 0) is 9.53 Å². The number of carbonyl (C=O) groups is 1. The summed E-state index contributed by atoms with van der Waals surface area (Å²) in [6.45, 7) is 2.98. The molecule has 0 aromatic carbocycles. The van der Waals surface area contributed by atoms with Crippen molar-refractivity contribution in [3.8, 4) is 0 Å². The van der Waals surface area contributed by atoms with Crippen molar-refractivity contribution in [2.24, 2.45) is 23.2 Å². The van der Waals surface area contributed by atoms with Gasteiger partial charge in [0.15, 0.2) is 0 Å². The minimum Gasteiger partial charge on any atom is -0.466 e. The first-order chi connectivity index (χ1) is 26.3. The largest absolute Gasteiger partial charge is 0.466 e. The summed E-state index contributed by atoms with van der Waals surface area (Å²) in [6.07, 6.45) is 62.3. The van der Waals surface area contributed by atoms with E-state index in [2.05, 4.69) is 19.1 Å². The first-order valence-corrected chi connectivity index (χ1v) is 25.1. The van der Waals surface area contributed by atoms with Gasteiger partial charge < -0.3 is 4.74 Å². The molecule has 0 bridgehead atoms. The van der Waals surface area contributed by atoms with E-state index in [0.29, 0.717) is 18.4 Å². The van der Waals surface area contributed by atoms with Gasteiger partial charge in [-0.25, -0.2) is 0 Å². The quantitative estimate of drug-likeness (QED) is 0.0666. The van der Waals surface area contributed by atoms with Crippen LogP contribution >= 0.6 is 0 Å². The molecule has 0 amide bonds. The molecule has 0 saturated heterocycles. The normalized spacial score (nSPS) is 21.0. The molecule has 0 aromatic heterocycles. The predicted molar refractivity (Wildman–Crippen MR) is 233 cm³/mol. The molecule has 0 aliphatic heterocycles. The average molecular weight is 739 g/mol. The number of unbranched alkanes of at least 4 members (excludes halogenated alkanes) is 11. The summed E-state index contributed by atoms with van der Waals surface area (Å²) >= 11 is 0. The molecule has 3 aliphatic carbocycles. The van der Waals surface area contributed by atoms with Crippen LogP contribution in [0.2, 0.25) is 0 Å². The van der Waals surface area contributed by atoms with Crippen LogP contribution in [0, 0.1) is 23.2 Å². The van der Waals surface area contributed by atoms with E-state index in [0.717, 1.165) is 30.6 Å². The van der Waals surface area contributed by atoms with E-state index in [1.807, 2.05) is 0 Å². The molecule has 0 radical (unpaired) electrons. The van der Waals surface area contributed by atoms with Gasteiger partial charge in [-0.2, -0.15) is 0 Å². The van der Waals surface area contributed by atoms with Crippen LogP contribution < -0.4 is 0 Å². The second-order valence-corrected chi connectivity index (χ2v) is 18.7. The lowest BCUT2D eigenvalue weighted by molar-refractivity contribution is -0.146. The van der Waals surface area contributed by atoms with Crippen LogP contribution in [0.4, 0.5) is 0 Å². The second kappa shape index (κ2) is 32.3. The first kappa shape index (κ1) is 46.6. The summed E-state index contributed by atoms with van der Waals surface area (Å²) in [4.78, 5) is 13.3. The van der Waals surface area contributed by atoms with Gasteiger partial charge >= 0.3 is 5.97 Å². The lowest BCUT2D eigenvalue weighted by Gasteiger charge is -2.53. The number of esters is 1. The fourth-order valence-corrected chi connectivity index (χ4v) is 11.4. The van der Waals surface area contributed by atoms with Gasteiger partial charge in [0.25, 0.3) is 0 Å². The average Bonchev–Trinajstić information content (AvgIpc) is 3.18. The lowest BCUT2D eigenvalue weighted by atomic mass is 9.52. The highest BCUT2D eigenvalue weighted by Crippen LogP contribution is 2.56. The summed E-state index contributed by atoms with van der Waals surface area (Å²) in [6, 6.07) is 0. The molecule has 0 heterocycles. The molecule has 53 heavy (non-hydrogen) atoms. The molecular weight excluding hydrogens is 645 g/mol. The van der Waals surface area contributed by atoms with Crippen molar-refractivity contribution in [2.45, 2.75) is 277 Å². The van der Waals surface area contributed by atoms with Gasteiger partial charge in [-0.15, -0.1) is 0 Å². The van der Waals surface area contributed by atoms with E-state index in [4.69, 9.17) is 4.74 Å². The maximum absolute atomic E-state index is 13.3. The van der Waals surface area contributed by atoms with E-state index < -0.39 is 0 Å². The number of hydrogen-bond acceptors (Lipinski definition) is 2. The highest BCUT2D eigenvalue weighted by atomic mass is 16.5. The van der Waals surface area contributed by atoms with Crippen molar-refractivity contribution < 1.29 is 9.53 Å². The molecule has 2 heteroatoms. The fourth-order valence-electron chi connectivity index (χ4n) is 11.4. The van der Waals surface area contributed by atoms with Gasteiger partial charge in [0, 0.05) is 6.42 Å². The summed E-state index contributed by atoms with van der Waals surface area (Å²) in [5.74, 6) is 2.57. The molecule has 3 saturated carbocycles. The Balaban J connectivity index is 1.59. The number of hydrogen-bond donors (Lipinski definition) is 0. The molecule has 3 aliphatic rings. The zero-order chi connectivity index (χ0) is 37.3. The molecule has 0 atom stereocenters. The van der Waals surface area contributed by atoms with Crippen molar-refractivity contribution in [3.05, 3.63) is 12.2 Å². The van der Waals surface area contributed by atoms with Crippen LogP contribution in [0.3, 0.4) is 0 Å². The zero-order valence-electron chi connectivity index (χ0n) is 36.1. The second-order valence-electron chi connectivity index (χ2n) is 18.7. The molecule has 2 nitrogen and oxygen atoms in total. The topological polar surface area (TPSA) is 26.3 Å². The van der Waals surface area contributed by atoms with E-state index in [9.17, 15) is 4.79 Å². The van der Waals surface area contributed by atoms with Crippen molar-refractivity contribution in [1.82, 2.24) is 0 Å². The highest BCUT2D eigenvalue weighted by molar-refractivity contribution is 5.69. The van der Waals surface area contributed by atoms with E-state index in [1.54, 1.807) is 0 Å². The Bertz CT molecular complexity index is 766. The predicted octanol–water partition coefficient (Wildman–Crippen LogP) is 17.4. The van der Waals surface area contributed by atoms with Crippen LogP contribution in [-0.4, -0.2) is 12.6 Å². The first-order valence-electron chi connectivity index (χ1n) is 25.1. The number of carbonyl (C=O) groups excluding carboxylic acids is 1. The Labute approximate surface area is 333 Å². The molecule has 3 fully saturated rings. The Kier molecular flexibility index (Phi) is 28.4. The maximum atomic E-state index is 13.3. The van der Waals surface area contributed by atoms with Gasteiger partial charge in [-0.05, 0) is 100 Å². The zero-order valence-corrected chi connectivity index (χ0v) is 36.1. The highest BCUT2D eigenvalue weighted by Gasteiger charge is 2.49. The third kappa shape index (κ3) is 20.8. The number of ether oxygens (including phenoxy) is 1. The fraction of sp³-hybridized carbons (Fsp3) is 0.941. The Morgan fingerprint density at radius 2 is 0.774 bits per heavy atom.